The highest BCUT2D eigenvalue weighted by Crippen LogP contribution is 2.60. The smallest absolute Gasteiger partial charge is 0.461 e. The normalized spacial score (nSPS) is 29.5. The molecule has 0 spiro atoms. The Kier molecular flexibility index (Phi) is 3.38. The Balaban J connectivity index is 1.78. The number of ether oxygens (including phenoxy) is 1. The number of rotatable bonds is 3. The summed E-state index contributed by atoms with van der Waals surface area (Å²) in [6.07, 6.45) is 1.11. The minimum absolute atomic E-state index is 0.106. The molecule has 3 nitrogen and oxygen atoms in total. The van der Waals surface area contributed by atoms with E-state index in [0.717, 1.165) is 12.2 Å². The van der Waals surface area contributed by atoms with Crippen LogP contribution in [0.15, 0.2) is 18.2 Å². The van der Waals surface area contributed by atoms with E-state index in [1.165, 1.54) is 11.1 Å². The monoisotopic (exact) mass is 288 g/mol. The van der Waals surface area contributed by atoms with Crippen LogP contribution in [0.4, 0.5) is 0 Å². The number of benzene rings is 1. The Labute approximate surface area is 128 Å². The molecule has 114 valence electrons. The zero-order chi connectivity index (χ0) is 15.4. The Bertz CT molecular complexity index is 537. The lowest BCUT2D eigenvalue weighted by Crippen LogP contribution is -2.41. The van der Waals surface area contributed by atoms with Gasteiger partial charge in [-0.15, -0.1) is 0 Å². The van der Waals surface area contributed by atoms with Gasteiger partial charge in [0.15, 0.2) is 0 Å². The van der Waals surface area contributed by atoms with Crippen LogP contribution >= 0.6 is 0 Å². The van der Waals surface area contributed by atoms with Gasteiger partial charge in [-0.05, 0) is 58.6 Å². The van der Waals surface area contributed by atoms with E-state index >= 15 is 0 Å². The molecule has 0 bridgehead atoms. The second-order valence-corrected chi connectivity index (χ2v) is 7.38. The molecule has 3 rings (SSSR count). The van der Waals surface area contributed by atoms with Crippen molar-refractivity contribution >= 4 is 7.12 Å². The van der Waals surface area contributed by atoms with Crippen molar-refractivity contribution in [3.05, 3.63) is 29.3 Å². The molecule has 0 N–H and O–H groups in total. The van der Waals surface area contributed by atoms with E-state index in [-0.39, 0.29) is 18.3 Å². The Hall–Kier alpha value is -0.995. The SMILES string of the molecule is COc1ccc(C)cc1[C@@H]1C[C@H]1B1OC(C)(C)C(C)(C)O1. The predicted molar refractivity (Wildman–Crippen MR) is 84.9 cm³/mol. The van der Waals surface area contributed by atoms with Crippen molar-refractivity contribution in [2.75, 3.05) is 7.11 Å². The molecule has 1 aromatic carbocycles. The zero-order valence-corrected chi connectivity index (χ0v) is 13.9. The molecule has 1 saturated heterocycles. The maximum atomic E-state index is 6.18. The standard InChI is InChI=1S/C17H25BO3/c1-11-7-8-15(19-6)13(9-11)12-10-14(12)18-20-16(2,3)17(4,5)21-18/h7-9,12,14H,10H2,1-6H3/t12-,14+/m0/s1. The number of aryl methyl sites for hydroxylation is 1. The van der Waals surface area contributed by atoms with Gasteiger partial charge in [0.1, 0.15) is 5.75 Å². The molecule has 1 aliphatic carbocycles. The fourth-order valence-electron chi connectivity index (χ4n) is 3.08. The summed E-state index contributed by atoms with van der Waals surface area (Å²) in [6, 6.07) is 6.38. The first-order valence-corrected chi connectivity index (χ1v) is 7.75. The maximum Gasteiger partial charge on any atom is 0.461 e. The van der Waals surface area contributed by atoms with Crippen molar-refractivity contribution in [2.24, 2.45) is 0 Å². The Morgan fingerprint density at radius 3 is 2.33 bits per heavy atom. The van der Waals surface area contributed by atoms with Crippen LogP contribution in [0.5, 0.6) is 5.75 Å². The Morgan fingerprint density at radius 2 is 1.76 bits per heavy atom. The molecule has 2 atom stereocenters. The van der Waals surface area contributed by atoms with Gasteiger partial charge in [-0.1, -0.05) is 17.7 Å². The molecule has 1 saturated carbocycles. The van der Waals surface area contributed by atoms with Crippen LogP contribution in [-0.4, -0.2) is 25.4 Å². The quantitative estimate of drug-likeness (QED) is 0.788. The molecular formula is C17H25BO3. The van der Waals surface area contributed by atoms with E-state index < -0.39 is 0 Å². The molecule has 4 heteroatoms. The first-order chi connectivity index (χ1) is 9.75. The van der Waals surface area contributed by atoms with Crippen LogP contribution in [0.25, 0.3) is 0 Å². The fourth-order valence-corrected chi connectivity index (χ4v) is 3.08. The molecule has 0 radical (unpaired) electrons. The fraction of sp³-hybridized carbons (Fsp3) is 0.647. The molecule has 0 amide bonds. The minimum atomic E-state index is -0.249. The third kappa shape index (κ3) is 2.49. The summed E-state index contributed by atoms with van der Waals surface area (Å²) in [5.41, 5.74) is 2.06. The molecule has 21 heavy (non-hydrogen) atoms. The summed E-state index contributed by atoms with van der Waals surface area (Å²) in [7, 11) is 1.63. The second-order valence-electron chi connectivity index (χ2n) is 7.38. The summed E-state index contributed by atoms with van der Waals surface area (Å²) in [6.45, 7) is 10.6. The van der Waals surface area contributed by atoms with Gasteiger partial charge in [-0.2, -0.15) is 0 Å². The summed E-state index contributed by atoms with van der Waals surface area (Å²) in [4.78, 5) is 0. The van der Waals surface area contributed by atoms with Crippen molar-refractivity contribution in [2.45, 2.75) is 64.0 Å². The second kappa shape index (κ2) is 4.75. The molecule has 1 aliphatic heterocycles. The van der Waals surface area contributed by atoms with Crippen molar-refractivity contribution < 1.29 is 14.0 Å². The topological polar surface area (TPSA) is 27.7 Å². The summed E-state index contributed by atoms with van der Waals surface area (Å²) >= 11 is 0. The van der Waals surface area contributed by atoms with Gasteiger partial charge in [0.25, 0.3) is 0 Å². The average molecular weight is 288 g/mol. The van der Waals surface area contributed by atoms with Gasteiger partial charge in [0, 0.05) is 5.82 Å². The third-order valence-electron chi connectivity index (χ3n) is 5.25. The summed E-state index contributed by atoms with van der Waals surface area (Å²) in [5.74, 6) is 1.89. The average Bonchev–Trinajstić information content (AvgIpc) is 3.13. The highest BCUT2D eigenvalue weighted by Gasteiger charge is 2.60. The minimum Gasteiger partial charge on any atom is -0.496 e. The zero-order valence-electron chi connectivity index (χ0n) is 13.9. The van der Waals surface area contributed by atoms with E-state index in [4.69, 9.17) is 14.0 Å². The lowest BCUT2D eigenvalue weighted by molar-refractivity contribution is 0.00578. The molecule has 1 aromatic rings. The first kappa shape index (κ1) is 14.9. The van der Waals surface area contributed by atoms with Gasteiger partial charge in [0.05, 0.1) is 18.3 Å². The van der Waals surface area contributed by atoms with E-state index in [0.29, 0.717) is 11.7 Å². The van der Waals surface area contributed by atoms with Crippen LogP contribution < -0.4 is 4.74 Å². The largest absolute Gasteiger partial charge is 0.496 e. The van der Waals surface area contributed by atoms with Crippen LogP contribution in [0, 0.1) is 6.92 Å². The maximum absolute atomic E-state index is 6.18. The molecule has 2 aliphatic rings. The highest BCUT2D eigenvalue weighted by atomic mass is 16.7. The van der Waals surface area contributed by atoms with Gasteiger partial charge in [-0.3, -0.25) is 0 Å². The van der Waals surface area contributed by atoms with Gasteiger partial charge >= 0.3 is 7.12 Å². The van der Waals surface area contributed by atoms with E-state index in [2.05, 4.69) is 52.8 Å². The van der Waals surface area contributed by atoms with E-state index in [1.54, 1.807) is 7.11 Å². The van der Waals surface area contributed by atoms with Crippen LogP contribution in [0.3, 0.4) is 0 Å². The molecule has 2 fully saturated rings. The third-order valence-corrected chi connectivity index (χ3v) is 5.25. The van der Waals surface area contributed by atoms with Crippen LogP contribution in [-0.2, 0) is 9.31 Å². The Morgan fingerprint density at radius 1 is 1.14 bits per heavy atom. The van der Waals surface area contributed by atoms with Gasteiger partial charge in [0.2, 0.25) is 0 Å². The molecular weight excluding hydrogens is 263 g/mol. The van der Waals surface area contributed by atoms with Gasteiger partial charge in [-0.25, -0.2) is 0 Å². The van der Waals surface area contributed by atoms with Crippen LogP contribution in [0.2, 0.25) is 5.82 Å². The van der Waals surface area contributed by atoms with Crippen molar-refractivity contribution in [3.63, 3.8) is 0 Å². The molecule has 0 unspecified atom stereocenters. The predicted octanol–water partition coefficient (Wildman–Crippen LogP) is 3.95. The van der Waals surface area contributed by atoms with Crippen molar-refractivity contribution in [1.29, 1.82) is 0 Å². The van der Waals surface area contributed by atoms with Crippen molar-refractivity contribution in [1.82, 2.24) is 0 Å². The lowest BCUT2D eigenvalue weighted by atomic mass is 9.79. The highest BCUT2D eigenvalue weighted by molar-refractivity contribution is 6.49. The van der Waals surface area contributed by atoms with E-state index in [1.807, 2.05) is 0 Å². The number of hydrogen-bond acceptors (Lipinski definition) is 3. The molecule has 1 heterocycles. The first-order valence-electron chi connectivity index (χ1n) is 7.75. The van der Waals surface area contributed by atoms with E-state index in [9.17, 15) is 0 Å². The number of hydrogen-bond donors (Lipinski definition) is 0. The van der Waals surface area contributed by atoms with Crippen molar-refractivity contribution in [3.8, 4) is 5.75 Å². The summed E-state index contributed by atoms with van der Waals surface area (Å²) in [5, 5.41) is 0. The summed E-state index contributed by atoms with van der Waals surface area (Å²) < 4.78 is 17.9. The van der Waals surface area contributed by atoms with Crippen LogP contribution in [0.1, 0.15) is 51.2 Å². The lowest BCUT2D eigenvalue weighted by Gasteiger charge is -2.32. The van der Waals surface area contributed by atoms with Gasteiger partial charge < -0.3 is 14.0 Å². The molecule has 0 aromatic heterocycles. The number of methoxy groups -OCH3 is 1.